The molecule has 0 aliphatic rings. The van der Waals surface area contributed by atoms with E-state index in [0.717, 1.165) is 17.4 Å². The fraction of sp³-hybridized carbons (Fsp3) is 0.0909. The quantitative estimate of drug-likeness (QED) is 0.908. The molecule has 94 valence electrons. The number of nitrogens with one attached hydrogen (secondary N) is 2. The largest absolute Gasteiger partial charge is 0.346 e. The van der Waals surface area contributed by atoms with Crippen LogP contribution in [0, 0.1) is 5.82 Å². The summed E-state index contributed by atoms with van der Waals surface area (Å²) in [6.45, 7) is 0.128. The van der Waals surface area contributed by atoms with Crippen LogP contribution in [0.3, 0.4) is 0 Å². The molecular formula is C11H8ClFN2O2S. The Labute approximate surface area is 110 Å². The van der Waals surface area contributed by atoms with E-state index >= 15 is 0 Å². The molecule has 0 aliphatic heterocycles. The van der Waals surface area contributed by atoms with Crippen LogP contribution in [0.25, 0.3) is 0 Å². The number of hydrogen-bond acceptors (Lipinski definition) is 3. The van der Waals surface area contributed by atoms with Gasteiger partial charge in [0.2, 0.25) is 0 Å². The fourth-order valence-corrected chi connectivity index (χ4v) is 2.10. The van der Waals surface area contributed by atoms with Crippen LogP contribution in [0.15, 0.2) is 28.4 Å². The van der Waals surface area contributed by atoms with Crippen LogP contribution in [0.2, 0.25) is 5.02 Å². The van der Waals surface area contributed by atoms with Gasteiger partial charge in [0.05, 0.1) is 12.1 Å². The second-order valence-electron chi connectivity index (χ2n) is 3.48. The third-order valence-corrected chi connectivity index (χ3v) is 3.14. The van der Waals surface area contributed by atoms with Gasteiger partial charge in [-0.1, -0.05) is 22.9 Å². The molecule has 0 spiro atoms. The van der Waals surface area contributed by atoms with Gasteiger partial charge in [-0.3, -0.25) is 9.59 Å². The Balaban J connectivity index is 2.08. The molecule has 0 saturated heterocycles. The number of thiazole rings is 1. The average Bonchev–Trinajstić information content (AvgIpc) is 2.75. The zero-order chi connectivity index (χ0) is 13.1. The Morgan fingerprint density at radius 2 is 2.28 bits per heavy atom. The maximum absolute atomic E-state index is 13.4. The predicted octanol–water partition coefficient (Wildman–Crippen LogP) is 2.16. The molecule has 2 N–H and O–H groups in total. The van der Waals surface area contributed by atoms with Gasteiger partial charge in [-0.15, -0.1) is 0 Å². The van der Waals surface area contributed by atoms with Crippen molar-refractivity contribution in [1.29, 1.82) is 0 Å². The van der Waals surface area contributed by atoms with Gasteiger partial charge < -0.3 is 10.3 Å². The lowest BCUT2D eigenvalue weighted by Gasteiger charge is -2.05. The highest BCUT2D eigenvalue weighted by Gasteiger charge is 2.12. The highest BCUT2D eigenvalue weighted by atomic mass is 35.5. The number of benzene rings is 1. The first-order valence-electron chi connectivity index (χ1n) is 4.96. The van der Waals surface area contributed by atoms with Crippen molar-refractivity contribution >= 4 is 28.8 Å². The normalized spacial score (nSPS) is 10.3. The molecule has 0 unspecified atom stereocenters. The molecule has 2 rings (SSSR count). The van der Waals surface area contributed by atoms with Crippen molar-refractivity contribution in [3.8, 4) is 0 Å². The molecule has 1 aromatic carbocycles. The molecule has 2 aromatic rings. The van der Waals surface area contributed by atoms with Crippen molar-refractivity contribution in [3.63, 3.8) is 0 Å². The average molecular weight is 287 g/mol. The Morgan fingerprint density at radius 3 is 2.94 bits per heavy atom. The number of hydrogen-bond donors (Lipinski definition) is 2. The zero-order valence-electron chi connectivity index (χ0n) is 9.00. The third-order valence-electron chi connectivity index (χ3n) is 2.18. The van der Waals surface area contributed by atoms with Crippen LogP contribution >= 0.6 is 22.9 Å². The minimum atomic E-state index is -0.643. The standard InChI is InChI=1S/C11H8ClFN2O2S/c12-6-1-2-9(13)8(3-6)10(16)14-4-7-5-18-11(17)15-7/h1-3,5H,4H2,(H,14,16)(H,15,17). The number of halogens is 2. The van der Waals surface area contributed by atoms with Crippen molar-refractivity contribution in [1.82, 2.24) is 10.3 Å². The summed E-state index contributed by atoms with van der Waals surface area (Å²) >= 11 is 6.69. The first-order chi connectivity index (χ1) is 8.56. The summed E-state index contributed by atoms with van der Waals surface area (Å²) in [5.74, 6) is -1.22. The first-order valence-corrected chi connectivity index (χ1v) is 6.22. The summed E-state index contributed by atoms with van der Waals surface area (Å²) in [5.41, 5.74) is 0.445. The number of amides is 1. The smallest absolute Gasteiger partial charge is 0.304 e. The van der Waals surface area contributed by atoms with E-state index in [1.807, 2.05) is 0 Å². The highest BCUT2D eigenvalue weighted by Crippen LogP contribution is 2.14. The number of H-pyrrole nitrogens is 1. The van der Waals surface area contributed by atoms with E-state index in [9.17, 15) is 14.0 Å². The lowest BCUT2D eigenvalue weighted by molar-refractivity contribution is 0.0946. The van der Waals surface area contributed by atoms with Crippen LogP contribution in [0.5, 0.6) is 0 Å². The van der Waals surface area contributed by atoms with Crippen LogP contribution in [-0.2, 0) is 6.54 Å². The summed E-state index contributed by atoms with van der Waals surface area (Å²) in [5, 5.41) is 4.37. The third kappa shape index (κ3) is 2.96. The molecule has 7 heteroatoms. The van der Waals surface area contributed by atoms with Crippen LogP contribution in [-0.4, -0.2) is 10.9 Å². The molecule has 0 fully saturated rings. The van der Waals surface area contributed by atoms with Gasteiger partial charge in [-0.25, -0.2) is 4.39 Å². The van der Waals surface area contributed by atoms with Crippen LogP contribution < -0.4 is 10.2 Å². The molecule has 18 heavy (non-hydrogen) atoms. The second-order valence-corrected chi connectivity index (χ2v) is 4.76. The lowest BCUT2D eigenvalue weighted by atomic mass is 10.2. The molecule has 4 nitrogen and oxygen atoms in total. The van der Waals surface area contributed by atoms with Gasteiger partial charge in [-0.05, 0) is 18.2 Å². The molecule has 1 heterocycles. The molecule has 0 saturated carbocycles. The highest BCUT2D eigenvalue weighted by molar-refractivity contribution is 7.07. The maximum Gasteiger partial charge on any atom is 0.304 e. The van der Waals surface area contributed by atoms with Gasteiger partial charge in [0, 0.05) is 16.1 Å². The summed E-state index contributed by atoms with van der Waals surface area (Å²) in [4.78, 5) is 24.9. The molecule has 1 aromatic heterocycles. The summed E-state index contributed by atoms with van der Waals surface area (Å²) in [6, 6.07) is 3.75. The van der Waals surface area contributed by atoms with Crippen molar-refractivity contribution < 1.29 is 9.18 Å². The number of carbonyl (C=O) groups excluding carboxylic acids is 1. The van der Waals surface area contributed by atoms with Crippen molar-refractivity contribution in [2.24, 2.45) is 0 Å². The van der Waals surface area contributed by atoms with Gasteiger partial charge in [0.15, 0.2) is 0 Å². The van der Waals surface area contributed by atoms with E-state index in [1.165, 1.54) is 12.1 Å². The van der Waals surface area contributed by atoms with E-state index < -0.39 is 11.7 Å². The molecular weight excluding hydrogens is 279 g/mol. The number of carbonyl (C=O) groups is 1. The Morgan fingerprint density at radius 1 is 1.50 bits per heavy atom. The van der Waals surface area contributed by atoms with Gasteiger partial charge in [-0.2, -0.15) is 0 Å². The van der Waals surface area contributed by atoms with Crippen molar-refractivity contribution in [2.45, 2.75) is 6.54 Å². The summed E-state index contributed by atoms with van der Waals surface area (Å²) in [6.07, 6.45) is 0. The van der Waals surface area contributed by atoms with E-state index in [2.05, 4.69) is 10.3 Å². The topological polar surface area (TPSA) is 62.0 Å². The summed E-state index contributed by atoms with van der Waals surface area (Å²) < 4.78 is 13.4. The Kier molecular flexibility index (Phi) is 3.78. The SMILES string of the molecule is O=C(NCc1csc(=O)[nH]1)c1cc(Cl)ccc1F. The lowest BCUT2D eigenvalue weighted by Crippen LogP contribution is -2.24. The van der Waals surface area contributed by atoms with Gasteiger partial charge >= 0.3 is 4.87 Å². The summed E-state index contributed by atoms with van der Waals surface area (Å²) in [7, 11) is 0. The van der Waals surface area contributed by atoms with Crippen molar-refractivity contribution in [2.75, 3.05) is 0 Å². The van der Waals surface area contributed by atoms with E-state index in [-0.39, 0.29) is 22.0 Å². The number of rotatable bonds is 3. The van der Waals surface area contributed by atoms with Crippen LogP contribution in [0.4, 0.5) is 4.39 Å². The minimum absolute atomic E-state index is 0.125. The Bertz CT molecular complexity index is 638. The van der Waals surface area contributed by atoms with E-state index in [4.69, 9.17) is 11.6 Å². The van der Waals surface area contributed by atoms with E-state index in [0.29, 0.717) is 5.69 Å². The zero-order valence-corrected chi connectivity index (χ0v) is 10.6. The number of aromatic nitrogens is 1. The molecule has 0 atom stereocenters. The van der Waals surface area contributed by atoms with Crippen molar-refractivity contribution in [3.05, 3.63) is 55.3 Å². The maximum atomic E-state index is 13.4. The molecule has 1 amide bonds. The molecule has 0 bridgehead atoms. The molecule has 0 aliphatic carbocycles. The molecule has 0 radical (unpaired) electrons. The minimum Gasteiger partial charge on any atom is -0.346 e. The van der Waals surface area contributed by atoms with Gasteiger partial charge in [0.25, 0.3) is 5.91 Å². The van der Waals surface area contributed by atoms with Crippen LogP contribution in [0.1, 0.15) is 16.1 Å². The van der Waals surface area contributed by atoms with E-state index in [1.54, 1.807) is 5.38 Å². The van der Waals surface area contributed by atoms with Gasteiger partial charge in [0.1, 0.15) is 5.82 Å². The Hall–Kier alpha value is -1.66. The monoisotopic (exact) mass is 286 g/mol. The fourth-order valence-electron chi connectivity index (χ4n) is 1.34. The number of aromatic amines is 1. The second kappa shape index (κ2) is 5.32. The first kappa shape index (κ1) is 12.8. The predicted molar refractivity (Wildman–Crippen MR) is 67.5 cm³/mol.